The lowest BCUT2D eigenvalue weighted by atomic mass is 9.93. The van der Waals surface area contributed by atoms with Gasteiger partial charge in [-0.2, -0.15) is 0 Å². The second kappa shape index (κ2) is 10.4. The van der Waals surface area contributed by atoms with Crippen LogP contribution in [0.25, 0.3) is 0 Å². The summed E-state index contributed by atoms with van der Waals surface area (Å²) >= 11 is 0. The van der Waals surface area contributed by atoms with Gasteiger partial charge in [0.05, 0.1) is 30.7 Å². The Balaban J connectivity index is 1.82. The molecule has 0 spiro atoms. The highest BCUT2D eigenvalue weighted by molar-refractivity contribution is 5.95. The molecule has 31 heavy (non-hydrogen) atoms. The summed E-state index contributed by atoms with van der Waals surface area (Å²) in [6.07, 6.45) is 1.38. The number of carbonyl (C=O) groups is 3. The number of likely N-dealkylation sites (tertiary alicyclic amines) is 1. The lowest BCUT2D eigenvalue weighted by Crippen LogP contribution is -2.49. The zero-order valence-electron chi connectivity index (χ0n) is 18.4. The van der Waals surface area contributed by atoms with Crippen LogP contribution in [0.1, 0.15) is 43.9 Å². The predicted molar refractivity (Wildman–Crippen MR) is 115 cm³/mol. The van der Waals surface area contributed by atoms with Crippen LogP contribution in [0.4, 0.5) is 4.79 Å². The molecule has 2 amide bonds. The molecule has 2 aliphatic rings. The van der Waals surface area contributed by atoms with Gasteiger partial charge in [0.1, 0.15) is 0 Å². The van der Waals surface area contributed by atoms with E-state index in [1.165, 1.54) is 0 Å². The summed E-state index contributed by atoms with van der Waals surface area (Å²) in [6.45, 7) is 7.94. The lowest BCUT2D eigenvalue weighted by Gasteiger charge is -2.35. The molecule has 2 aliphatic heterocycles. The van der Waals surface area contributed by atoms with Crippen LogP contribution < -0.4 is 10.6 Å². The molecule has 2 N–H and O–H groups in total. The summed E-state index contributed by atoms with van der Waals surface area (Å²) < 4.78 is 10.5. The zero-order chi connectivity index (χ0) is 22.4. The Morgan fingerprint density at radius 2 is 1.71 bits per heavy atom. The number of nitrogens with one attached hydrogen (secondary N) is 2. The molecule has 1 aromatic carbocycles. The SMILES string of the molecule is CCOC(=O)C1=C(CN2CCC(C(=O)OCC)CC2)NC(=O)NC1c1ccc(C)cc1. The fourth-order valence-electron chi connectivity index (χ4n) is 4.01. The van der Waals surface area contributed by atoms with Gasteiger partial charge < -0.3 is 20.1 Å². The van der Waals surface area contributed by atoms with E-state index >= 15 is 0 Å². The van der Waals surface area contributed by atoms with E-state index in [-0.39, 0.29) is 24.5 Å². The maximum atomic E-state index is 12.9. The van der Waals surface area contributed by atoms with Gasteiger partial charge in [0, 0.05) is 12.2 Å². The van der Waals surface area contributed by atoms with Gasteiger partial charge in [-0.3, -0.25) is 9.69 Å². The van der Waals surface area contributed by atoms with Crippen LogP contribution in [0.15, 0.2) is 35.5 Å². The minimum atomic E-state index is -0.583. The van der Waals surface area contributed by atoms with Crippen molar-refractivity contribution in [3.63, 3.8) is 0 Å². The number of urea groups is 1. The van der Waals surface area contributed by atoms with Crippen LogP contribution in [0.5, 0.6) is 0 Å². The molecule has 1 unspecified atom stereocenters. The van der Waals surface area contributed by atoms with Gasteiger partial charge in [0.2, 0.25) is 0 Å². The van der Waals surface area contributed by atoms with Crippen LogP contribution in [-0.2, 0) is 19.1 Å². The Morgan fingerprint density at radius 3 is 2.32 bits per heavy atom. The Hall–Kier alpha value is -2.87. The third-order valence-corrected chi connectivity index (χ3v) is 5.65. The molecule has 0 aromatic heterocycles. The van der Waals surface area contributed by atoms with Gasteiger partial charge >= 0.3 is 18.0 Å². The normalized spacial score (nSPS) is 20.1. The van der Waals surface area contributed by atoms with Crippen LogP contribution in [0, 0.1) is 12.8 Å². The second-order valence-corrected chi connectivity index (χ2v) is 7.86. The number of nitrogens with zero attached hydrogens (tertiary/aromatic N) is 1. The van der Waals surface area contributed by atoms with Gasteiger partial charge in [-0.15, -0.1) is 0 Å². The molecule has 2 heterocycles. The molecule has 0 saturated carbocycles. The molecule has 3 rings (SSSR count). The number of rotatable bonds is 7. The first-order valence-corrected chi connectivity index (χ1v) is 10.9. The van der Waals surface area contributed by atoms with Crippen molar-refractivity contribution in [2.75, 3.05) is 32.8 Å². The molecule has 1 saturated heterocycles. The van der Waals surface area contributed by atoms with E-state index < -0.39 is 12.0 Å². The number of esters is 2. The average Bonchev–Trinajstić information content (AvgIpc) is 2.74. The van der Waals surface area contributed by atoms with E-state index in [0.717, 1.165) is 11.1 Å². The summed E-state index contributed by atoms with van der Waals surface area (Å²) in [4.78, 5) is 39.4. The number of ether oxygens (including phenoxy) is 2. The minimum absolute atomic E-state index is 0.0994. The van der Waals surface area contributed by atoms with E-state index in [2.05, 4.69) is 15.5 Å². The van der Waals surface area contributed by atoms with Gasteiger partial charge in [0.25, 0.3) is 0 Å². The molecule has 0 bridgehead atoms. The predicted octanol–water partition coefficient (Wildman–Crippen LogP) is 2.44. The summed E-state index contributed by atoms with van der Waals surface area (Å²) in [5.41, 5.74) is 2.87. The number of hydrogen-bond donors (Lipinski definition) is 2. The van der Waals surface area contributed by atoms with Crippen molar-refractivity contribution in [1.29, 1.82) is 0 Å². The average molecular weight is 430 g/mol. The highest BCUT2D eigenvalue weighted by atomic mass is 16.5. The monoisotopic (exact) mass is 429 g/mol. The van der Waals surface area contributed by atoms with Crippen LogP contribution in [0.3, 0.4) is 0 Å². The van der Waals surface area contributed by atoms with Crippen molar-refractivity contribution >= 4 is 18.0 Å². The first kappa shape index (κ1) is 22.8. The molecule has 0 aliphatic carbocycles. The largest absolute Gasteiger partial charge is 0.466 e. The number of aryl methyl sites for hydroxylation is 1. The first-order valence-electron chi connectivity index (χ1n) is 10.9. The molecule has 0 radical (unpaired) electrons. The van der Waals surface area contributed by atoms with E-state index in [1.54, 1.807) is 13.8 Å². The van der Waals surface area contributed by atoms with Crippen molar-refractivity contribution < 1.29 is 23.9 Å². The molecular formula is C23H31N3O5. The third kappa shape index (κ3) is 5.64. The highest BCUT2D eigenvalue weighted by Crippen LogP contribution is 2.29. The second-order valence-electron chi connectivity index (χ2n) is 7.86. The van der Waals surface area contributed by atoms with Crippen molar-refractivity contribution in [3.05, 3.63) is 46.7 Å². The Labute approximate surface area is 183 Å². The van der Waals surface area contributed by atoms with Crippen molar-refractivity contribution in [2.24, 2.45) is 5.92 Å². The number of carbonyl (C=O) groups excluding carboxylic acids is 3. The van der Waals surface area contributed by atoms with E-state index in [0.29, 0.717) is 50.4 Å². The maximum absolute atomic E-state index is 12.9. The van der Waals surface area contributed by atoms with E-state index in [1.807, 2.05) is 31.2 Å². The van der Waals surface area contributed by atoms with Gasteiger partial charge in [0.15, 0.2) is 0 Å². The Morgan fingerprint density at radius 1 is 1.06 bits per heavy atom. The van der Waals surface area contributed by atoms with Crippen LogP contribution in [0.2, 0.25) is 0 Å². The molecule has 1 atom stereocenters. The topological polar surface area (TPSA) is 97.0 Å². The minimum Gasteiger partial charge on any atom is -0.466 e. The molecule has 8 heteroatoms. The summed E-state index contributed by atoms with van der Waals surface area (Å²) in [5.74, 6) is -0.696. The van der Waals surface area contributed by atoms with Crippen molar-refractivity contribution in [1.82, 2.24) is 15.5 Å². The van der Waals surface area contributed by atoms with Crippen molar-refractivity contribution in [3.8, 4) is 0 Å². The smallest absolute Gasteiger partial charge is 0.338 e. The number of amides is 2. The number of benzene rings is 1. The molecule has 1 aromatic rings. The van der Waals surface area contributed by atoms with E-state index in [9.17, 15) is 14.4 Å². The van der Waals surface area contributed by atoms with E-state index in [4.69, 9.17) is 9.47 Å². The Bertz CT molecular complexity index is 841. The molecular weight excluding hydrogens is 398 g/mol. The fraction of sp³-hybridized carbons (Fsp3) is 0.522. The van der Waals surface area contributed by atoms with Crippen LogP contribution in [-0.4, -0.2) is 55.7 Å². The third-order valence-electron chi connectivity index (χ3n) is 5.65. The standard InChI is InChI=1S/C23H31N3O5/c1-4-30-21(27)17-10-12-26(13-11-17)14-18-19(22(28)31-5-2)20(25-23(29)24-18)16-8-6-15(3)7-9-16/h6-9,17,20H,4-5,10-14H2,1-3H3,(H2,24,25,29). The van der Waals surface area contributed by atoms with Gasteiger partial charge in [-0.05, 0) is 52.3 Å². The van der Waals surface area contributed by atoms with Crippen molar-refractivity contribution in [2.45, 2.75) is 39.7 Å². The lowest BCUT2D eigenvalue weighted by molar-refractivity contribution is -0.149. The maximum Gasteiger partial charge on any atom is 0.338 e. The molecule has 8 nitrogen and oxygen atoms in total. The first-order chi connectivity index (χ1) is 14.9. The van der Waals surface area contributed by atoms with Crippen LogP contribution >= 0.6 is 0 Å². The molecule has 168 valence electrons. The summed E-state index contributed by atoms with van der Waals surface area (Å²) in [7, 11) is 0. The number of hydrogen-bond acceptors (Lipinski definition) is 6. The summed E-state index contributed by atoms with van der Waals surface area (Å²) in [6, 6.07) is 6.79. The quantitative estimate of drug-likeness (QED) is 0.647. The zero-order valence-corrected chi connectivity index (χ0v) is 18.4. The number of piperidine rings is 1. The van der Waals surface area contributed by atoms with Gasteiger partial charge in [-0.1, -0.05) is 29.8 Å². The Kier molecular flexibility index (Phi) is 7.68. The fourth-order valence-corrected chi connectivity index (χ4v) is 4.01. The highest BCUT2D eigenvalue weighted by Gasteiger charge is 2.35. The van der Waals surface area contributed by atoms with Gasteiger partial charge in [-0.25, -0.2) is 9.59 Å². The molecule has 1 fully saturated rings. The summed E-state index contributed by atoms with van der Waals surface area (Å²) in [5, 5.41) is 5.67.